The molecule has 0 radical (unpaired) electrons. The van der Waals surface area contributed by atoms with E-state index < -0.39 is 12.0 Å². The van der Waals surface area contributed by atoms with Crippen LogP contribution in [0.4, 0.5) is 0 Å². The van der Waals surface area contributed by atoms with E-state index in [1.807, 2.05) is 0 Å². The maximum Gasteiger partial charge on any atom is 0.325 e. The van der Waals surface area contributed by atoms with Crippen molar-refractivity contribution in [3.8, 4) is 0 Å². The molecule has 0 unspecified atom stereocenters. The van der Waals surface area contributed by atoms with Crippen molar-refractivity contribution in [2.75, 3.05) is 0 Å². The normalized spacial score (nSPS) is 17.5. The zero-order chi connectivity index (χ0) is 11.3. The molecule has 0 heterocycles. The molecule has 1 atom stereocenters. The number of nitrogens with one attached hydrogen (secondary N) is 1. The van der Waals surface area contributed by atoms with Crippen LogP contribution in [0.1, 0.15) is 26.2 Å². The van der Waals surface area contributed by atoms with Gasteiger partial charge in [0.05, 0.1) is 0 Å². The molecule has 82 valence electrons. The third-order valence-electron chi connectivity index (χ3n) is 2.25. The summed E-state index contributed by atoms with van der Waals surface area (Å²) >= 11 is 0. The first-order chi connectivity index (χ1) is 7.09. The molecular formula is C11H15NO3. The maximum absolute atomic E-state index is 11.2. The molecule has 1 aliphatic carbocycles. The van der Waals surface area contributed by atoms with Gasteiger partial charge in [0.25, 0.3) is 0 Å². The summed E-state index contributed by atoms with van der Waals surface area (Å²) in [7, 11) is 0. The minimum atomic E-state index is -1.03. The van der Waals surface area contributed by atoms with Crippen molar-refractivity contribution in [3.63, 3.8) is 0 Å². The van der Waals surface area contributed by atoms with Gasteiger partial charge in [-0.1, -0.05) is 17.7 Å². The highest BCUT2D eigenvalue weighted by Crippen LogP contribution is 2.17. The second kappa shape index (κ2) is 5.34. The summed E-state index contributed by atoms with van der Waals surface area (Å²) < 4.78 is 0. The predicted octanol–water partition coefficient (Wildman–Crippen LogP) is 1.24. The summed E-state index contributed by atoms with van der Waals surface area (Å²) in [5.41, 5.74) is 1.15. The molecule has 0 aromatic heterocycles. The second-order valence-electron chi connectivity index (χ2n) is 3.57. The fraction of sp³-hybridized carbons (Fsp3) is 0.455. The highest BCUT2D eigenvalue weighted by Gasteiger charge is 2.11. The highest BCUT2D eigenvalue weighted by molar-refractivity contribution is 5.91. The summed E-state index contributed by atoms with van der Waals surface area (Å²) in [5.74, 6) is -1.39. The van der Waals surface area contributed by atoms with Crippen LogP contribution in [-0.4, -0.2) is 23.0 Å². The molecule has 0 aromatic carbocycles. The minimum absolute atomic E-state index is 0.363. The molecule has 4 heteroatoms. The van der Waals surface area contributed by atoms with E-state index >= 15 is 0 Å². The van der Waals surface area contributed by atoms with Crippen LogP contribution in [0.3, 0.4) is 0 Å². The molecular weight excluding hydrogens is 194 g/mol. The highest BCUT2D eigenvalue weighted by atomic mass is 16.4. The standard InChI is InChI=1S/C11H15NO3/c1-8(11(14)15)12-10(13)7-6-9-4-2-3-5-9/h4,6-8H,2-3,5H2,1H3,(H,12,13)(H,14,15)/b7-6+/t8-/m0/s1. The lowest BCUT2D eigenvalue weighted by molar-refractivity contribution is -0.140. The first-order valence-corrected chi connectivity index (χ1v) is 5.00. The zero-order valence-corrected chi connectivity index (χ0v) is 8.69. The van der Waals surface area contributed by atoms with E-state index in [0.29, 0.717) is 0 Å². The second-order valence-corrected chi connectivity index (χ2v) is 3.57. The lowest BCUT2D eigenvalue weighted by Gasteiger charge is -2.05. The van der Waals surface area contributed by atoms with Crippen LogP contribution in [0.25, 0.3) is 0 Å². The van der Waals surface area contributed by atoms with Crippen LogP contribution < -0.4 is 5.32 Å². The Balaban J connectivity index is 2.38. The van der Waals surface area contributed by atoms with Gasteiger partial charge in [-0.2, -0.15) is 0 Å². The molecule has 1 rings (SSSR count). The maximum atomic E-state index is 11.2. The average Bonchev–Trinajstić information content (AvgIpc) is 2.66. The van der Waals surface area contributed by atoms with Crippen LogP contribution in [-0.2, 0) is 9.59 Å². The molecule has 15 heavy (non-hydrogen) atoms. The van der Waals surface area contributed by atoms with Gasteiger partial charge in [0.2, 0.25) is 5.91 Å². The smallest absolute Gasteiger partial charge is 0.325 e. The lowest BCUT2D eigenvalue weighted by atomic mass is 10.2. The van der Waals surface area contributed by atoms with E-state index in [-0.39, 0.29) is 5.91 Å². The quantitative estimate of drug-likeness (QED) is 0.684. The number of carboxylic acids is 1. The lowest BCUT2D eigenvalue weighted by Crippen LogP contribution is -2.37. The number of carbonyl (C=O) groups is 2. The van der Waals surface area contributed by atoms with Crippen LogP contribution >= 0.6 is 0 Å². The zero-order valence-electron chi connectivity index (χ0n) is 8.69. The molecule has 0 saturated heterocycles. The largest absolute Gasteiger partial charge is 0.480 e. The van der Waals surface area contributed by atoms with Gasteiger partial charge in [0, 0.05) is 6.08 Å². The summed E-state index contributed by atoms with van der Waals surface area (Å²) in [6.07, 6.45) is 8.41. The van der Waals surface area contributed by atoms with Crippen LogP contribution in [0.2, 0.25) is 0 Å². The van der Waals surface area contributed by atoms with Gasteiger partial charge >= 0.3 is 5.97 Å². The number of carboxylic acid groups (broad SMARTS) is 1. The third kappa shape index (κ3) is 3.97. The van der Waals surface area contributed by atoms with Crippen molar-refractivity contribution in [3.05, 3.63) is 23.8 Å². The monoisotopic (exact) mass is 209 g/mol. The molecule has 0 bridgehead atoms. The van der Waals surface area contributed by atoms with Crippen molar-refractivity contribution in [2.45, 2.75) is 32.2 Å². The summed E-state index contributed by atoms with van der Waals surface area (Å²) in [5, 5.41) is 10.9. The van der Waals surface area contributed by atoms with Gasteiger partial charge < -0.3 is 10.4 Å². The SMILES string of the molecule is C[C@H](NC(=O)/C=C/C1=CCCC1)C(=O)O. The Bertz CT molecular complexity index is 318. The van der Waals surface area contributed by atoms with E-state index in [2.05, 4.69) is 11.4 Å². The van der Waals surface area contributed by atoms with Gasteiger partial charge in [-0.3, -0.25) is 9.59 Å². The van der Waals surface area contributed by atoms with Crippen molar-refractivity contribution in [1.82, 2.24) is 5.32 Å². The molecule has 0 spiro atoms. The Hall–Kier alpha value is -1.58. The fourth-order valence-electron chi connectivity index (χ4n) is 1.35. The molecule has 2 N–H and O–H groups in total. The Morgan fingerprint density at radius 3 is 2.87 bits per heavy atom. The van der Waals surface area contributed by atoms with Gasteiger partial charge in [-0.15, -0.1) is 0 Å². The Morgan fingerprint density at radius 2 is 2.33 bits per heavy atom. The van der Waals surface area contributed by atoms with Gasteiger partial charge in [-0.25, -0.2) is 0 Å². The number of allylic oxidation sites excluding steroid dienone is 3. The molecule has 0 saturated carbocycles. The van der Waals surface area contributed by atoms with Crippen LogP contribution in [0.15, 0.2) is 23.8 Å². The number of carbonyl (C=O) groups excluding carboxylic acids is 1. The summed E-state index contributed by atoms with van der Waals surface area (Å²) in [4.78, 5) is 21.7. The Kier molecular flexibility index (Phi) is 4.09. The first kappa shape index (κ1) is 11.5. The van der Waals surface area contributed by atoms with E-state index in [0.717, 1.165) is 24.8 Å². The van der Waals surface area contributed by atoms with E-state index in [1.165, 1.54) is 13.0 Å². The van der Waals surface area contributed by atoms with Crippen LogP contribution in [0, 0.1) is 0 Å². The van der Waals surface area contributed by atoms with Crippen LogP contribution in [0.5, 0.6) is 0 Å². The third-order valence-corrected chi connectivity index (χ3v) is 2.25. The molecule has 4 nitrogen and oxygen atoms in total. The van der Waals surface area contributed by atoms with Gasteiger partial charge in [0.15, 0.2) is 0 Å². The minimum Gasteiger partial charge on any atom is -0.480 e. The number of amides is 1. The van der Waals surface area contributed by atoms with E-state index in [4.69, 9.17) is 5.11 Å². The molecule has 1 aliphatic rings. The van der Waals surface area contributed by atoms with E-state index in [1.54, 1.807) is 6.08 Å². The van der Waals surface area contributed by atoms with Crippen molar-refractivity contribution in [1.29, 1.82) is 0 Å². The van der Waals surface area contributed by atoms with E-state index in [9.17, 15) is 9.59 Å². The number of rotatable bonds is 4. The van der Waals surface area contributed by atoms with Crippen molar-refractivity contribution in [2.24, 2.45) is 0 Å². The van der Waals surface area contributed by atoms with Crippen molar-refractivity contribution >= 4 is 11.9 Å². The first-order valence-electron chi connectivity index (χ1n) is 5.00. The summed E-state index contributed by atoms with van der Waals surface area (Å²) in [6.45, 7) is 1.43. The fourth-order valence-corrected chi connectivity index (χ4v) is 1.35. The molecule has 0 aliphatic heterocycles. The Morgan fingerprint density at radius 1 is 1.60 bits per heavy atom. The van der Waals surface area contributed by atoms with Crippen molar-refractivity contribution < 1.29 is 14.7 Å². The molecule has 0 fully saturated rings. The average molecular weight is 209 g/mol. The van der Waals surface area contributed by atoms with Gasteiger partial charge in [0.1, 0.15) is 6.04 Å². The Labute approximate surface area is 88.7 Å². The topological polar surface area (TPSA) is 66.4 Å². The summed E-state index contributed by atoms with van der Waals surface area (Å²) in [6, 6.07) is -0.847. The number of hydrogen-bond acceptors (Lipinski definition) is 2. The van der Waals surface area contributed by atoms with Gasteiger partial charge in [-0.05, 0) is 26.2 Å². The number of hydrogen-bond donors (Lipinski definition) is 2. The molecule has 0 aromatic rings. The molecule has 1 amide bonds. The predicted molar refractivity (Wildman–Crippen MR) is 56.3 cm³/mol. The number of aliphatic carboxylic acids is 1.